The summed E-state index contributed by atoms with van der Waals surface area (Å²) in [5.74, 6) is 1.61. The number of carboxylic acid groups (broad SMARTS) is 1. The van der Waals surface area contributed by atoms with Crippen molar-refractivity contribution in [3.8, 4) is 5.75 Å². The number of anilines is 1. The summed E-state index contributed by atoms with van der Waals surface area (Å²) in [5, 5.41) is 20.0. The Morgan fingerprint density at radius 2 is 1.75 bits per heavy atom. The highest BCUT2D eigenvalue weighted by atomic mass is 19.4. The van der Waals surface area contributed by atoms with Crippen molar-refractivity contribution in [1.82, 2.24) is 5.43 Å². The SMILES string of the molecule is CC(C)(C)OC(=O)CCc1ccc(NC(=O)c2cccc(N=CNN)c2)c(O)c1.O=C(O)C(F)(F)F. The maximum Gasteiger partial charge on any atom is 0.490 e. The molecule has 0 bridgehead atoms. The number of aromatic hydroxyl groups is 1. The molecular formula is C23H27F3N4O6. The molecule has 0 spiro atoms. The summed E-state index contributed by atoms with van der Waals surface area (Å²) in [6, 6.07) is 11.5. The number of esters is 1. The summed E-state index contributed by atoms with van der Waals surface area (Å²) in [7, 11) is 0. The van der Waals surface area contributed by atoms with Crippen LogP contribution in [0.5, 0.6) is 5.75 Å². The number of alkyl halides is 3. The highest BCUT2D eigenvalue weighted by molar-refractivity contribution is 6.05. The van der Waals surface area contributed by atoms with Gasteiger partial charge >= 0.3 is 18.1 Å². The van der Waals surface area contributed by atoms with Crippen LogP contribution in [0.25, 0.3) is 0 Å². The molecule has 0 radical (unpaired) electrons. The molecule has 2 aromatic rings. The Morgan fingerprint density at radius 1 is 1.11 bits per heavy atom. The number of benzene rings is 2. The Morgan fingerprint density at radius 3 is 2.28 bits per heavy atom. The summed E-state index contributed by atoms with van der Waals surface area (Å²) in [6.07, 6.45) is -3.15. The molecule has 196 valence electrons. The molecule has 13 heteroatoms. The largest absolute Gasteiger partial charge is 0.506 e. The molecule has 2 rings (SSSR count). The minimum absolute atomic E-state index is 0.0819. The number of rotatable bonds is 7. The first-order chi connectivity index (χ1) is 16.6. The van der Waals surface area contributed by atoms with Crippen LogP contribution in [0.4, 0.5) is 24.5 Å². The number of hydrazine groups is 1. The van der Waals surface area contributed by atoms with Gasteiger partial charge in [-0.3, -0.25) is 9.59 Å². The molecule has 0 aliphatic heterocycles. The van der Waals surface area contributed by atoms with Crippen LogP contribution in [0, 0.1) is 0 Å². The Hall–Kier alpha value is -4.13. The second-order valence-corrected chi connectivity index (χ2v) is 8.17. The fourth-order valence-corrected chi connectivity index (χ4v) is 2.51. The molecule has 1 amide bonds. The highest BCUT2D eigenvalue weighted by Crippen LogP contribution is 2.26. The first-order valence-corrected chi connectivity index (χ1v) is 10.4. The Labute approximate surface area is 204 Å². The lowest BCUT2D eigenvalue weighted by atomic mass is 10.1. The van der Waals surface area contributed by atoms with Gasteiger partial charge in [0.15, 0.2) is 0 Å². The summed E-state index contributed by atoms with van der Waals surface area (Å²) in [4.78, 5) is 37.2. The first-order valence-electron chi connectivity index (χ1n) is 10.4. The summed E-state index contributed by atoms with van der Waals surface area (Å²) in [6.45, 7) is 5.43. The molecule has 0 saturated heterocycles. The molecule has 36 heavy (non-hydrogen) atoms. The second-order valence-electron chi connectivity index (χ2n) is 8.17. The number of aliphatic carboxylic acids is 1. The number of ether oxygens (including phenoxy) is 1. The number of hydrogen-bond donors (Lipinski definition) is 5. The van der Waals surface area contributed by atoms with Crippen LogP contribution >= 0.6 is 0 Å². The van der Waals surface area contributed by atoms with Crippen molar-refractivity contribution in [2.24, 2.45) is 10.8 Å². The van der Waals surface area contributed by atoms with Crippen LogP contribution in [0.15, 0.2) is 47.5 Å². The lowest BCUT2D eigenvalue weighted by molar-refractivity contribution is -0.192. The number of phenols is 1. The van der Waals surface area contributed by atoms with Gasteiger partial charge in [-0.15, -0.1) is 0 Å². The van der Waals surface area contributed by atoms with E-state index in [2.05, 4.69) is 15.7 Å². The van der Waals surface area contributed by atoms with Gasteiger partial charge in [0.25, 0.3) is 5.91 Å². The molecule has 0 aromatic heterocycles. The Bertz CT molecular complexity index is 1100. The van der Waals surface area contributed by atoms with Gasteiger partial charge in [0.2, 0.25) is 0 Å². The molecular weight excluding hydrogens is 485 g/mol. The standard InChI is InChI=1S/C21H26N4O4.C2HF3O2/c1-21(2,3)29-19(27)10-8-14-7-9-17(18(26)11-14)25-20(28)15-5-4-6-16(12-15)23-13-24-22;3-2(4,5)1(6)7/h4-7,9,11-13,26H,8,10,22H2,1-3H3,(H,23,24)(H,25,28);(H,6,7). The third-order valence-corrected chi connectivity index (χ3v) is 3.99. The van der Waals surface area contributed by atoms with Gasteiger partial charge in [-0.25, -0.2) is 15.6 Å². The van der Waals surface area contributed by atoms with Crippen LogP contribution in [-0.4, -0.2) is 46.2 Å². The van der Waals surface area contributed by atoms with E-state index in [0.29, 0.717) is 17.7 Å². The monoisotopic (exact) mass is 512 g/mol. The molecule has 0 unspecified atom stereocenters. The van der Waals surface area contributed by atoms with Crippen molar-refractivity contribution in [2.45, 2.75) is 45.4 Å². The van der Waals surface area contributed by atoms with Gasteiger partial charge in [-0.2, -0.15) is 13.2 Å². The molecule has 2 aromatic carbocycles. The van der Waals surface area contributed by atoms with E-state index in [0.717, 1.165) is 5.56 Å². The second kappa shape index (κ2) is 13.1. The van der Waals surface area contributed by atoms with E-state index in [-0.39, 0.29) is 29.7 Å². The number of phenolic OH excluding ortho intramolecular Hbond substituents is 1. The third kappa shape index (κ3) is 11.3. The van der Waals surface area contributed by atoms with Gasteiger partial charge < -0.3 is 25.7 Å². The molecule has 0 fully saturated rings. The summed E-state index contributed by atoms with van der Waals surface area (Å²) >= 11 is 0. The first kappa shape index (κ1) is 29.9. The number of nitrogens with zero attached hydrogens (tertiary/aromatic N) is 1. The molecule has 0 heterocycles. The molecule has 0 aliphatic rings. The van der Waals surface area contributed by atoms with Gasteiger partial charge in [0, 0.05) is 12.0 Å². The molecule has 0 aliphatic carbocycles. The van der Waals surface area contributed by atoms with Crippen molar-refractivity contribution in [2.75, 3.05) is 5.32 Å². The minimum atomic E-state index is -5.08. The number of carbonyl (C=O) groups excluding carboxylic acids is 2. The normalized spacial score (nSPS) is 11.3. The average molecular weight is 512 g/mol. The zero-order chi connectivity index (χ0) is 27.5. The van der Waals surface area contributed by atoms with Gasteiger partial charge in [0.05, 0.1) is 11.4 Å². The van der Waals surface area contributed by atoms with Gasteiger partial charge in [-0.1, -0.05) is 12.1 Å². The van der Waals surface area contributed by atoms with E-state index in [1.807, 2.05) is 20.8 Å². The highest BCUT2D eigenvalue weighted by Gasteiger charge is 2.38. The van der Waals surface area contributed by atoms with Gasteiger partial charge in [-0.05, 0) is 63.1 Å². The van der Waals surface area contributed by atoms with Crippen molar-refractivity contribution in [1.29, 1.82) is 0 Å². The van der Waals surface area contributed by atoms with E-state index in [1.165, 1.54) is 12.4 Å². The number of aliphatic imine (C=N–C) groups is 1. The van der Waals surface area contributed by atoms with Crippen molar-refractivity contribution >= 4 is 35.6 Å². The van der Waals surface area contributed by atoms with Crippen molar-refractivity contribution in [3.63, 3.8) is 0 Å². The number of hydrogen-bond acceptors (Lipinski definition) is 7. The van der Waals surface area contributed by atoms with E-state index in [9.17, 15) is 27.9 Å². The number of carbonyl (C=O) groups is 3. The fraction of sp³-hybridized carbons (Fsp3) is 0.304. The van der Waals surface area contributed by atoms with E-state index >= 15 is 0 Å². The van der Waals surface area contributed by atoms with Crippen molar-refractivity contribution in [3.05, 3.63) is 53.6 Å². The predicted octanol–water partition coefficient (Wildman–Crippen LogP) is 3.68. The molecule has 10 nitrogen and oxygen atoms in total. The molecule has 6 N–H and O–H groups in total. The fourth-order valence-electron chi connectivity index (χ4n) is 2.51. The maximum atomic E-state index is 12.4. The number of nitrogens with two attached hydrogens (primary N) is 1. The van der Waals surface area contributed by atoms with Crippen molar-refractivity contribution < 1.29 is 42.5 Å². The zero-order valence-electron chi connectivity index (χ0n) is 19.7. The number of amides is 1. The number of nitrogens with one attached hydrogen (secondary N) is 2. The van der Waals surface area contributed by atoms with Gasteiger partial charge in [0.1, 0.15) is 17.7 Å². The topological polar surface area (TPSA) is 163 Å². The van der Waals surface area contributed by atoms with E-state index < -0.39 is 17.7 Å². The lowest BCUT2D eigenvalue weighted by Crippen LogP contribution is -2.24. The third-order valence-electron chi connectivity index (χ3n) is 3.99. The minimum Gasteiger partial charge on any atom is -0.506 e. The van der Waals surface area contributed by atoms with Crippen LogP contribution < -0.4 is 16.6 Å². The summed E-state index contributed by atoms with van der Waals surface area (Å²) in [5.41, 5.74) is 3.73. The van der Waals surface area contributed by atoms with Crippen LogP contribution in [0.3, 0.4) is 0 Å². The lowest BCUT2D eigenvalue weighted by Gasteiger charge is -2.19. The Kier molecular flexibility index (Phi) is 10.9. The number of aryl methyl sites for hydroxylation is 1. The molecule has 0 atom stereocenters. The van der Waals surface area contributed by atoms with E-state index in [4.69, 9.17) is 20.5 Å². The van der Waals surface area contributed by atoms with E-state index in [1.54, 1.807) is 36.4 Å². The van der Waals surface area contributed by atoms with Crippen LogP contribution in [0.1, 0.15) is 43.1 Å². The zero-order valence-corrected chi connectivity index (χ0v) is 19.7. The number of halogens is 3. The number of carboxylic acids is 1. The predicted molar refractivity (Wildman–Crippen MR) is 126 cm³/mol. The summed E-state index contributed by atoms with van der Waals surface area (Å²) < 4.78 is 37.0. The average Bonchev–Trinajstić information content (AvgIpc) is 2.76. The quantitative estimate of drug-likeness (QED) is 0.0937. The van der Waals surface area contributed by atoms with Crippen LogP contribution in [0.2, 0.25) is 0 Å². The Balaban J connectivity index is 0.000000809. The maximum absolute atomic E-state index is 12.4. The smallest absolute Gasteiger partial charge is 0.490 e. The molecule has 0 saturated carbocycles. The van der Waals surface area contributed by atoms with Crippen LogP contribution in [-0.2, 0) is 20.7 Å².